The molecule has 1 aliphatic heterocycles. The monoisotopic (exact) mass is 293 g/mol. The predicted molar refractivity (Wildman–Crippen MR) is 80.4 cm³/mol. The van der Waals surface area contributed by atoms with Crippen molar-refractivity contribution in [2.45, 2.75) is 19.5 Å². The maximum atomic E-state index is 12.1. The SMILES string of the molecule is CCNC(=O)C1CNCCN1Cc1cccc(OC)c1O. The van der Waals surface area contributed by atoms with Crippen LogP contribution in [0.4, 0.5) is 0 Å². The van der Waals surface area contributed by atoms with Crippen LogP contribution in [0.15, 0.2) is 18.2 Å². The van der Waals surface area contributed by atoms with Crippen molar-refractivity contribution in [3.05, 3.63) is 23.8 Å². The molecule has 116 valence electrons. The van der Waals surface area contributed by atoms with Crippen molar-refractivity contribution in [1.82, 2.24) is 15.5 Å². The first kappa shape index (κ1) is 15.6. The summed E-state index contributed by atoms with van der Waals surface area (Å²) in [6.07, 6.45) is 0. The van der Waals surface area contributed by atoms with E-state index in [0.717, 1.165) is 18.7 Å². The number of likely N-dealkylation sites (N-methyl/N-ethyl adjacent to an activating group) is 1. The second-order valence-electron chi connectivity index (χ2n) is 5.05. The molecule has 1 aromatic carbocycles. The van der Waals surface area contributed by atoms with E-state index in [2.05, 4.69) is 15.5 Å². The molecule has 1 atom stereocenters. The summed E-state index contributed by atoms with van der Waals surface area (Å²) in [6, 6.07) is 5.20. The number of nitrogens with zero attached hydrogens (tertiary/aromatic N) is 1. The smallest absolute Gasteiger partial charge is 0.238 e. The number of ether oxygens (including phenoxy) is 1. The van der Waals surface area contributed by atoms with Crippen molar-refractivity contribution < 1.29 is 14.6 Å². The van der Waals surface area contributed by atoms with E-state index >= 15 is 0 Å². The van der Waals surface area contributed by atoms with Gasteiger partial charge in [-0.05, 0) is 13.0 Å². The Balaban J connectivity index is 2.14. The maximum Gasteiger partial charge on any atom is 0.238 e. The number of amides is 1. The molecular formula is C15H23N3O3. The minimum absolute atomic E-state index is 0.0204. The number of rotatable bonds is 5. The third kappa shape index (κ3) is 3.65. The van der Waals surface area contributed by atoms with Gasteiger partial charge in [0.05, 0.1) is 7.11 Å². The van der Waals surface area contributed by atoms with E-state index in [1.165, 1.54) is 7.11 Å². The quantitative estimate of drug-likeness (QED) is 0.729. The Morgan fingerprint density at radius 3 is 3.10 bits per heavy atom. The molecule has 0 saturated carbocycles. The van der Waals surface area contributed by atoms with Crippen LogP contribution in [-0.4, -0.2) is 55.2 Å². The molecule has 6 heteroatoms. The second-order valence-corrected chi connectivity index (χ2v) is 5.05. The number of phenolic OH excluding ortho intramolecular Hbond substituents is 1. The Labute approximate surface area is 125 Å². The third-order valence-corrected chi connectivity index (χ3v) is 3.68. The molecule has 3 N–H and O–H groups in total. The fraction of sp³-hybridized carbons (Fsp3) is 0.533. The van der Waals surface area contributed by atoms with Crippen molar-refractivity contribution in [1.29, 1.82) is 0 Å². The van der Waals surface area contributed by atoms with Crippen LogP contribution in [0, 0.1) is 0 Å². The van der Waals surface area contributed by atoms with Gasteiger partial charge in [0.25, 0.3) is 0 Å². The lowest BCUT2D eigenvalue weighted by Crippen LogP contribution is -2.57. The standard InChI is InChI=1S/C15H23N3O3/c1-3-17-15(20)12-9-16-7-8-18(12)10-11-5-4-6-13(21-2)14(11)19/h4-6,12,16,19H,3,7-10H2,1-2H3,(H,17,20). The molecule has 1 heterocycles. The number of hydrogen-bond acceptors (Lipinski definition) is 5. The molecule has 0 bridgehead atoms. The summed E-state index contributed by atoms with van der Waals surface area (Å²) in [7, 11) is 1.53. The molecule has 2 rings (SSSR count). The van der Waals surface area contributed by atoms with Crippen molar-refractivity contribution in [3.8, 4) is 11.5 Å². The first-order chi connectivity index (χ1) is 10.2. The predicted octanol–water partition coefficient (Wildman–Crippen LogP) is 0.311. The molecule has 1 fully saturated rings. The van der Waals surface area contributed by atoms with Crippen LogP contribution in [0.5, 0.6) is 11.5 Å². The van der Waals surface area contributed by atoms with Gasteiger partial charge in [-0.1, -0.05) is 12.1 Å². The zero-order chi connectivity index (χ0) is 15.2. The molecule has 0 radical (unpaired) electrons. The highest BCUT2D eigenvalue weighted by Gasteiger charge is 2.28. The van der Waals surface area contributed by atoms with Gasteiger partial charge in [0.1, 0.15) is 6.04 Å². The summed E-state index contributed by atoms with van der Waals surface area (Å²) in [4.78, 5) is 14.2. The number of aromatic hydroxyl groups is 1. The molecule has 0 aliphatic carbocycles. The number of methoxy groups -OCH3 is 1. The third-order valence-electron chi connectivity index (χ3n) is 3.68. The normalized spacial score (nSPS) is 19.2. The van der Waals surface area contributed by atoms with E-state index in [1.54, 1.807) is 6.07 Å². The minimum Gasteiger partial charge on any atom is -0.504 e. The highest BCUT2D eigenvalue weighted by Crippen LogP contribution is 2.30. The summed E-state index contributed by atoms with van der Waals surface area (Å²) in [5.74, 6) is 0.623. The second kappa shape index (κ2) is 7.28. The first-order valence-electron chi connectivity index (χ1n) is 7.24. The molecule has 1 unspecified atom stereocenters. The summed E-state index contributed by atoms with van der Waals surface area (Å²) >= 11 is 0. The Bertz CT molecular complexity index is 493. The van der Waals surface area contributed by atoms with Crippen LogP contribution < -0.4 is 15.4 Å². The first-order valence-corrected chi connectivity index (χ1v) is 7.24. The van der Waals surface area contributed by atoms with Gasteiger partial charge >= 0.3 is 0 Å². The van der Waals surface area contributed by atoms with Crippen LogP contribution in [0.1, 0.15) is 12.5 Å². The lowest BCUT2D eigenvalue weighted by atomic mass is 10.1. The molecule has 1 aliphatic rings. The van der Waals surface area contributed by atoms with Gasteiger partial charge in [-0.25, -0.2) is 0 Å². The number of carbonyl (C=O) groups excluding carboxylic acids is 1. The van der Waals surface area contributed by atoms with Gasteiger partial charge in [0.2, 0.25) is 5.91 Å². The number of phenols is 1. The van der Waals surface area contributed by atoms with E-state index < -0.39 is 0 Å². The molecule has 1 saturated heterocycles. The average Bonchev–Trinajstić information content (AvgIpc) is 2.50. The summed E-state index contributed by atoms with van der Waals surface area (Å²) in [5.41, 5.74) is 0.769. The zero-order valence-corrected chi connectivity index (χ0v) is 12.6. The van der Waals surface area contributed by atoms with Crippen molar-refractivity contribution in [2.75, 3.05) is 33.3 Å². The summed E-state index contributed by atoms with van der Waals surface area (Å²) < 4.78 is 5.13. The fourth-order valence-electron chi connectivity index (χ4n) is 2.57. The van der Waals surface area contributed by atoms with Crippen LogP contribution in [0.3, 0.4) is 0 Å². The van der Waals surface area contributed by atoms with E-state index in [4.69, 9.17) is 4.74 Å². The lowest BCUT2D eigenvalue weighted by molar-refractivity contribution is -0.127. The van der Waals surface area contributed by atoms with Gasteiger partial charge in [0, 0.05) is 38.3 Å². The maximum absolute atomic E-state index is 12.1. The van der Waals surface area contributed by atoms with Gasteiger partial charge < -0.3 is 20.5 Å². The molecule has 0 spiro atoms. The Kier molecular flexibility index (Phi) is 5.41. The molecule has 0 aromatic heterocycles. The van der Waals surface area contributed by atoms with Crippen LogP contribution in [0.25, 0.3) is 0 Å². The Morgan fingerprint density at radius 2 is 2.38 bits per heavy atom. The Morgan fingerprint density at radius 1 is 1.57 bits per heavy atom. The highest BCUT2D eigenvalue weighted by molar-refractivity contribution is 5.82. The topological polar surface area (TPSA) is 73.8 Å². The number of carbonyl (C=O) groups is 1. The van der Waals surface area contributed by atoms with Crippen molar-refractivity contribution in [2.24, 2.45) is 0 Å². The van der Waals surface area contributed by atoms with Gasteiger partial charge in [-0.15, -0.1) is 0 Å². The largest absolute Gasteiger partial charge is 0.504 e. The molecule has 1 aromatic rings. The number of benzene rings is 1. The van der Waals surface area contributed by atoms with Gasteiger partial charge in [0.15, 0.2) is 11.5 Å². The van der Waals surface area contributed by atoms with E-state index in [0.29, 0.717) is 25.4 Å². The van der Waals surface area contributed by atoms with Crippen LogP contribution in [-0.2, 0) is 11.3 Å². The molecule has 1 amide bonds. The van der Waals surface area contributed by atoms with Crippen molar-refractivity contribution >= 4 is 5.91 Å². The molecule has 6 nitrogen and oxygen atoms in total. The Hall–Kier alpha value is -1.79. The van der Waals surface area contributed by atoms with Gasteiger partial charge in [-0.2, -0.15) is 0 Å². The number of hydrogen-bond donors (Lipinski definition) is 3. The van der Waals surface area contributed by atoms with Crippen LogP contribution in [0.2, 0.25) is 0 Å². The van der Waals surface area contributed by atoms with Crippen LogP contribution >= 0.6 is 0 Å². The van der Waals surface area contributed by atoms with Gasteiger partial charge in [-0.3, -0.25) is 9.69 Å². The number of piperazine rings is 1. The molecule has 21 heavy (non-hydrogen) atoms. The minimum atomic E-state index is -0.218. The lowest BCUT2D eigenvalue weighted by Gasteiger charge is -2.35. The average molecular weight is 293 g/mol. The zero-order valence-electron chi connectivity index (χ0n) is 12.6. The van der Waals surface area contributed by atoms with Crippen molar-refractivity contribution in [3.63, 3.8) is 0 Å². The van der Waals surface area contributed by atoms with E-state index in [9.17, 15) is 9.90 Å². The number of para-hydroxylation sites is 1. The summed E-state index contributed by atoms with van der Waals surface area (Å²) in [6.45, 7) is 5.27. The summed E-state index contributed by atoms with van der Waals surface area (Å²) in [5, 5.41) is 16.3. The highest BCUT2D eigenvalue weighted by atomic mass is 16.5. The van der Waals surface area contributed by atoms with E-state index in [-0.39, 0.29) is 17.7 Å². The fourth-order valence-corrected chi connectivity index (χ4v) is 2.57. The number of nitrogens with one attached hydrogen (secondary N) is 2. The molecular weight excluding hydrogens is 270 g/mol. The van der Waals surface area contributed by atoms with E-state index in [1.807, 2.05) is 19.1 Å².